The van der Waals surface area contributed by atoms with Crippen molar-refractivity contribution in [2.45, 2.75) is 31.7 Å². The van der Waals surface area contributed by atoms with Crippen LogP contribution >= 0.6 is 11.6 Å². The molecule has 1 aliphatic rings. The first-order valence-electron chi connectivity index (χ1n) is 9.60. The average Bonchev–Trinajstić information content (AvgIpc) is 2.67. The number of hydrogen-bond donors (Lipinski definition) is 2. The molecule has 27 heavy (non-hydrogen) atoms. The van der Waals surface area contributed by atoms with E-state index in [1.54, 1.807) is 7.11 Å². The zero-order valence-corrected chi connectivity index (χ0v) is 17.7. The molecule has 0 amide bonds. The van der Waals surface area contributed by atoms with Gasteiger partial charge in [-0.2, -0.15) is 0 Å². The van der Waals surface area contributed by atoms with Crippen molar-refractivity contribution in [3.63, 3.8) is 0 Å². The summed E-state index contributed by atoms with van der Waals surface area (Å²) in [4.78, 5) is 7.15. The van der Waals surface area contributed by atoms with Crippen molar-refractivity contribution >= 4 is 17.6 Å². The second-order valence-corrected chi connectivity index (χ2v) is 7.47. The SMILES string of the molecule is CCNC(=NCC1(N(C)C)CCOCC1)NCCc1ccc(OC)cc1Cl. The molecule has 1 aromatic carbocycles. The van der Waals surface area contributed by atoms with Gasteiger partial charge in [-0.1, -0.05) is 17.7 Å². The fourth-order valence-electron chi connectivity index (χ4n) is 3.24. The van der Waals surface area contributed by atoms with Gasteiger partial charge in [0.1, 0.15) is 5.75 Å². The topological polar surface area (TPSA) is 58.1 Å². The van der Waals surface area contributed by atoms with Gasteiger partial charge >= 0.3 is 0 Å². The molecule has 2 rings (SSSR count). The van der Waals surface area contributed by atoms with Crippen LogP contribution < -0.4 is 15.4 Å². The largest absolute Gasteiger partial charge is 0.497 e. The third-order valence-electron chi connectivity index (χ3n) is 5.19. The van der Waals surface area contributed by atoms with Gasteiger partial charge in [0.15, 0.2) is 5.96 Å². The van der Waals surface area contributed by atoms with Gasteiger partial charge < -0.3 is 25.0 Å². The molecule has 1 aromatic rings. The molecule has 0 radical (unpaired) electrons. The number of nitrogens with one attached hydrogen (secondary N) is 2. The van der Waals surface area contributed by atoms with E-state index in [0.29, 0.717) is 0 Å². The van der Waals surface area contributed by atoms with Crippen molar-refractivity contribution in [3.05, 3.63) is 28.8 Å². The lowest BCUT2D eigenvalue weighted by Gasteiger charge is -2.41. The van der Waals surface area contributed by atoms with Crippen molar-refractivity contribution < 1.29 is 9.47 Å². The Bertz CT molecular complexity index is 616. The number of rotatable bonds is 8. The maximum atomic E-state index is 6.33. The van der Waals surface area contributed by atoms with Gasteiger partial charge in [0.25, 0.3) is 0 Å². The molecule has 1 aliphatic heterocycles. The molecule has 7 heteroatoms. The summed E-state index contributed by atoms with van der Waals surface area (Å²) in [6.45, 7) is 6.01. The number of aliphatic imine (C=N–C) groups is 1. The molecule has 0 saturated carbocycles. The van der Waals surface area contributed by atoms with E-state index in [0.717, 1.165) is 74.4 Å². The molecule has 0 aromatic heterocycles. The first kappa shape index (κ1) is 21.8. The van der Waals surface area contributed by atoms with Crippen LogP contribution in [-0.2, 0) is 11.2 Å². The fraction of sp³-hybridized carbons (Fsp3) is 0.650. The molecule has 0 bridgehead atoms. The van der Waals surface area contributed by atoms with Gasteiger partial charge in [-0.15, -0.1) is 0 Å². The van der Waals surface area contributed by atoms with E-state index in [1.165, 1.54) is 0 Å². The Balaban J connectivity index is 1.95. The smallest absolute Gasteiger partial charge is 0.191 e. The number of benzene rings is 1. The minimum Gasteiger partial charge on any atom is -0.497 e. The normalized spacial score (nSPS) is 17.0. The van der Waals surface area contributed by atoms with Crippen molar-refractivity contribution in [1.29, 1.82) is 0 Å². The van der Waals surface area contributed by atoms with Gasteiger partial charge in [-0.3, -0.25) is 4.99 Å². The lowest BCUT2D eigenvalue weighted by molar-refractivity contribution is -0.00254. The van der Waals surface area contributed by atoms with Crippen LogP contribution in [0, 0.1) is 0 Å². The van der Waals surface area contributed by atoms with Crippen LogP contribution in [0.5, 0.6) is 5.75 Å². The number of guanidine groups is 1. The van der Waals surface area contributed by atoms with Crippen LogP contribution in [0.4, 0.5) is 0 Å². The Kier molecular flexibility index (Phi) is 8.67. The molecular formula is C20H33ClN4O2. The van der Waals surface area contributed by atoms with Gasteiger partial charge in [-0.05, 0) is 58.0 Å². The Morgan fingerprint density at radius 3 is 2.63 bits per heavy atom. The van der Waals surface area contributed by atoms with Crippen molar-refractivity contribution in [2.24, 2.45) is 4.99 Å². The molecule has 6 nitrogen and oxygen atoms in total. The van der Waals surface area contributed by atoms with E-state index < -0.39 is 0 Å². The van der Waals surface area contributed by atoms with Crippen molar-refractivity contribution in [3.8, 4) is 5.75 Å². The number of methoxy groups -OCH3 is 1. The van der Waals surface area contributed by atoms with Crippen LogP contribution in [0.3, 0.4) is 0 Å². The quantitative estimate of drug-likeness (QED) is 0.522. The highest BCUT2D eigenvalue weighted by atomic mass is 35.5. The first-order valence-corrected chi connectivity index (χ1v) is 9.98. The molecule has 0 unspecified atom stereocenters. The number of halogens is 1. The monoisotopic (exact) mass is 396 g/mol. The highest BCUT2D eigenvalue weighted by Crippen LogP contribution is 2.26. The van der Waals surface area contributed by atoms with E-state index >= 15 is 0 Å². The Hall–Kier alpha value is -1.50. The summed E-state index contributed by atoms with van der Waals surface area (Å²) in [5, 5.41) is 7.48. The van der Waals surface area contributed by atoms with Gasteiger partial charge in [0.2, 0.25) is 0 Å². The number of likely N-dealkylation sites (N-methyl/N-ethyl adjacent to an activating group) is 1. The van der Waals surface area contributed by atoms with Crippen molar-refractivity contribution in [1.82, 2.24) is 15.5 Å². The second-order valence-electron chi connectivity index (χ2n) is 7.06. The number of nitrogens with zero attached hydrogens (tertiary/aromatic N) is 2. The maximum Gasteiger partial charge on any atom is 0.191 e. The van der Waals surface area contributed by atoms with E-state index in [4.69, 9.17) is 26.1 Å². The molecule has 1 saturated heterocycles. The predicted octanol–water partition coefficient (Wildman–Crippen LogP) is 2.56. The highest BCUT2D eigenvalue weighted by molar-refractivity contribution is 6.31. The molecule has 1 heterocycles. The van der Waals surface area contributed by atoms with E-state index in [2.05, 4.69) is 36.6 Å². The zero-order valence-electron chi connectivity index (χ0n) is 17.0. The lowest BCUT2D eigenvalue weighted by atomic mass is 9.89. The molecule has 1 fully saturated rings. The Morgan fingerprint density at radius 2 is 2.04 bits per heavy atom. The molecule has 2 N–H and O–H groups in total. The summed E-state index contributed by atoms with van der Waals surface area (Å²) in [5.74, 6) is 1.62. The third-order valence-corrected chi connectivity index (χ3v) is 5.55. The summed E-state index contributed by atoms with van der Waals surface area (Å²) < 4.78 is 10.7. The molecule has 0 atom stereocenters. The van der Waals surface area contributed by atoms with Crippen LogP contribution in [0.1, 0.15) is 25.3 Å². The summed E-state index contributed by atoms with van der Waals surface area (Å²) in [7, 11) is 5.91. The minimum absolute atomic E-state index is 0.0693. The summed E-state index contributed by atoms with van der Waals surface area (Å²) in [6.07, 6.45) is 2.83. The Morgan fingerprint density at radius 1 is 1.30 bits per heavy atom. The van der Waals surface area contributed by atoms with Crippen molar-refractivity contribution in [2.75, 3.05) is 54.1 Å². The minimum atomic E-state index is 0.0693. The number of hydrogen-bond acceptors (Lipinski definition) is 4. The van der Waals surface area contributed by atoms with E-state index in [1.807, 2.05) is 18.2 Å². The first-order chi connectivity index (χ1) is 13.0. The lowest BCUT2D eigenvalue weighted by Crippen LogP contribution is -2.51. The Labute approximate surface area is 168 Å². The van der Waals surface area contributed by atoms with Gasteiger partial charge in [0.05, 0.1) is 13.7 Å². The predicted molar refractivity (Wildman–Crippen MR) is 112 cm³/mol. The van der Waals surface area contributed by atoms with Gasteiger partial charge in [0, 0.05) is 36.9 Å². The van der Waals surface area contributed by atoms with Gasteiger partial charge in [-0.25, -0.2) is 0 Å². The molecule has 152 valence electrons. The molecule has 0 aliphatic carbocycles. The summed E-state index contributed by atoms with van der Waals surface area (Å²) in [5.41, 5.74) is 1.16. The van der Waals surface area contributed by atoms with E-state index in [-0.39, 0.29) is 5.54 Å². The van der Waals surface area contributed by atoms with Crippen LogP contribution in [0.25, 0.3) is 0 Å². The second kappa shape index (κ2) is 10.7. The number of ether oxygens (including phenoxy) is 2. The fourth-order valence-corrected chi connectivity index (χ4v) is 3.50. The average molecular weight is 397 g/mol. The maximum absolute atomic E-state index is 6.33. The standard InChI is InChI=1S/C20H33ClN4O2/c1-5-22-19(24-15-20(25(2)3)9-12-27-13-10-20)23-11-8-16-6-7-17(26-4)14-18(16)21/h6-7,14H,5,8-13,15H2,1-4H3,(H2,22,23,24). The molecule has 0 spiro atoms. The van der Waals surface area contributed by atoms with Crippen LogP contribution in [-0.4, -0.2) is 70.5 Å². The molecular weight excluding hydrogens is 364 g/mol. The third kappa shape index (κ3) is 6.26. The summed E-state index contributed by atoms with van der Waals surface area (Å²) in [6, 6.07) is 5.80. The highest BCUT2D eigenvalue weighted by Gasteiger charge is 2.34. The van der Waals surface area contributed by atoms with Crippen LogP contribution in [0.15, 0.2) is 23.2 Å². The van der Waals surface area contributed by atoms with Crippen LogP contribution in [0.2, 0.25) is 5.02 Å². The van der Waals surface area contributed by atoms with E-state index in [9.17, 15) is 0 Å². The summed E-state index contributed by atoms with van der Waals surface area (Å²) >= 11 is 6.33. The zero-order chi connectivity index (χ0) is 19.7.